The van der Waals surface area contributed by atoms with Gasteiger partial charge in [0.25, 0.3) is 0 Å². The Morgan fingerprint density at radius 1 is 0.639 bits per heavy atom. The third-order valence-corrected chi connectivity index (χ3v) is 7.49. The van der Waals surface area contributed by atoms with E-state index in [-0.39, 0.29) is 0 Å². The molecule has 0 N–H and O–H groups in total. The van der Waals surface area contributed by atoms with Crippen molar-refractivity contribution < 1.29 is 4.74 Å². The maximum absolute atomic E-state index is 5.31. The molecule has 2 aromatic carbocycles. The molecular formula is C33H50N2O. The highest BCUT2D eigenvalue weighted by molar-refractivity contribution is 5.76. The van der Waals surface area contributed by atoms with Gasteiger partial charge in [-0.15, -0.1) is 0 Å². The van der Waals surface area contributed by atoms with Crippen LogP contribution >= 0.6 is 0 Å². The molecule has 0 saturated carbocycles. The van der Waals surface area contributed by atoms with Crippen molar-refractivity contribution in [3.8, 4) is 5.75 Å². The molecule has 0 fully saturated rings. The molecule has 3 nitrogen and oxygen atoms in total. The van der Waals surface area contributed by atoms with Gasteiger partial charge in [0.05, 0.1) is 18.1 Å². The highest BCUT2D eigenvalue weighted by atomic mass is 16.5. The number of aromatic nitrogens is 2. The lowest BCUT2D eigenvalue weighted by Gasteiger charge is -2.10. The Morgan fingerprint density at radius 3 is 1.72 bits per heavy atom. The number of para-hydroxylation sites is 2. The Bertz CT molecular complexity index is 959. The Labute approximate surface area is 220 Å². The van der Waals surface area contributed by atoms with Gasteiger partial charge < -0.3 is 9.30 Å². The van der Waals surface area contributed by atoms with Crippen LogP contribution in [0.1, 0.15) is 121 Å². The molecule has 0 spiro atoms. The quantitative estimate of drug-likeness (QED) is 0.147. The summed E-state index contributed by atoms with van der Waals surface area (Å²) in [5, 5.41) is 0. The van der Waals surface area contributed by atoms with Crippen LogP contribution in [0.3, 0.4) is 0 Å². The first-order chi connectivity index (χ1) is 17.8. The van der Waals surface area contributed by atoms with Gasteiger partial charge in [0.2, 0.25) is 0 Å². The van der Waals surface area contributed by atoms with E-state index in [1.807, 2.05) is 12.1 Å². The number of hydrogen-bond donors (Lipinski definition) is 0. The van der Waals surface area contributed by atoms with Crippen molar-refractivity contribution in [1.82, 2.24) is 9.55 Å². The van der Waals surface area contributed by atoms with Gasteiger partial charge in [-0.05, 0) is 36.2 Å². The second-order valence-electron chi connectivity index (χ2n) is 10.5. The zero-order valence-electron chi connectivity index (χ0n) is 23.1. The molecule has 0 aliphatic rings. The number of fused-ring (bicyclic) bond motifs is 1. The predicted octanol–water partition coefficient (Wildman–Crippen LogP) is 9.90. The van der Waals surface area contributed by atoms with E-state index >= 15 is 0 Å². The van der Waals surface area contributed by atoms with Crippen LogP contribution in [-0.4, -0.2) is 16.7 Å². The first-order valence-electron chi connectivity index (χ1n) is 14.9. The highest BCUT2D eigenvalue weighted by Crippen LogP contribution is 2.21. The monoisotopic (exact) mass is 490 g/mol. The summed E-state index contributed by atoms with van der Waals surface area (Å²) in [4.78, 5) is 4.97. The molecule has 3 heteroatoms. The Hall–Kier alpha value is -2.29. The summed E-state index contributed by atoms with van der Waals surface area (Å²) in [5.74, 6) is 2.07. The molecule has 0 aliphatic carbocycles. The van der Waals surface area contributed by atoms with Gasteiger partial charge in [-0.1, -0.05) is 128 Å². The predicted molar refractivity (Wildman–Crippen MR) is 155 cm³/mol. The van der Waals surface area contributed by atoms with Crippen LogP contribution in [0.15, 0.2) is 48.5 Å². The van der Waals surface area contributed by atoms with Crippen LogP contribution in [-0.2, 0) is 13.0 Å². The van der Waals surface area contributed by atoms with Crippen molar-refractivity contribution in [2.45, 2.75) is 123 Å². The van der Waals surface area contributed by atoms with Crippen molar-refractivity contribution in [3.05, 3.63) is 59.9 Å². The molecule has 0 amide bonds. The maximum atomic E-state index is 5.31. The molecule has 0 atom stereocenters. The number of benzene rings is 2. The van der Waals surface area contributed by atoms with Gasteiger partial charge in [0.15, 0.2) is 0 Å². The topological polar surface area (TPSA) is 27.1 Å². The van der Waals surface area contributed by atoms with Gasteiger partial charge in [0, 0.05) is 13.0 Å². The van der Waals surface area contributed by atoms with Gasteiger partial charge >= 0.3 is 0 Å². The Morgan fingerprint density at radius 2 is 1.17 bits per heavy atom. The summed E-state index contributed by atoms with van der Waals surface area (Å²) in [6, 6.07) is 16.9. The smallest absolute Gasteiger partial charge is 0.118 e. The molecule has 0 radical (unpaired) electrons. The van der Waals surface area contributed by atoms with Gasteiger partial charge in [-0.25, -0.2) is 4.98 Å². The van der Waals surface area contributed by atoms with E-state index in [0.717, 1.165) is 24.2 Å². The van der Waals surface area contributed by atoms with E-state index in [9.17, 15) is 0 Å². The fourth-order valence-corrected chi connectivity index (χ4v) is 5.25. The molecule has 0 aliphatic heterocycles. The van der Waals surface area contributed by atoms with Crippen molar-refractivity contribution in [2.24, 2.45) is 0 Å². The number of rotatable bonds is 20. The SMILES string of the molecule is CCCCCCCCCCCCCCCCCCn1c(Cc2ccc(OC)cc2)nc2ccccc21. The Balaban J connectivity index is 1.29. The number of ether oxygens (including phenoxy) is 1. The van der Waals surface area contributed by atoms with E-state index in [2.05, 4.69) is 47.9 Å². The number of nitrogens with zero attached hydrogens (tertiary/aromatic N) is 2. The standard InChI is InChI=1S/C33H50N2O/c1-3-4-5-6-7-8-9-10-11-12-13-14-15-16-17-20-27-35-32-22-19-18-21-31(32)34-33(35)28-29-23-25-30(36-2)26-24-29/h18-19,21-26H,3-17,20,27-28H2,1-2H3. The zero-order chi connectivity index (χ0) is 25.3. The fraction of sp³-hybridized carbons (Fsp3) is 0.606. The molecule has 0 bridgehead atoms. The van der Waals surface area contributed by atoms with Crippen LogP contribution in [0.4, 0.5) is 0 Å². The third kappa shape index (κ3) is 9.99. The van der Waals surface area contributed by atoms with Gasteiger partial charge in [-0.3, -0.25) is 0 Å². The summed E-state index contributed by atoms with van der Waals surface area (Å²) >= 11 is 0. The minimum absolute atomic E-state index is 0.859. The lowest BCUT2D eigenvalue weighted by Crippen LogP contribution is -2.05. The van der Waals surface area contributed by atoms with E-state index in [4.69, 9.17) is 9.72 Å². The molecule has 3 rings (SSSR count). The van der Waals surface area contributed by atoms with E-state index in [1.54, 1.807) is 7.11 Å². The number of imidazole rings is 1. The van der Waals surface area contributed by atoms with Crippen LogP contribution in [0.2, 0.25) is 0 Å². The lowest BCUT2D eigenvalue weighted by atomic mass is 10.0. The van der Waals surface area contributed by atoms with Crippen LogP contribution in [0.25, 0.3) is 11.0 Å². The van der Waals surface area contributed by atoms with Crippen molar-refractivity contribution in [2.75, 3.05) is 7.11 Å². The minimum Gasteiger partial charge on any atom is -0.497 e. The summed E-state index contributed by atoms with van der Waals surface area (Å²) < 4.78 is 7.76. The van der Waals surface area contributed by atoms with Crippen molar-refractivity contribution >= 4 is 11.0 Å². The second kappa shape index (κ2) is 17.2. The van der Waals surface area contributed by atoms with E-state index in [1.165, 1.54) is 120 Å². The number of unbranched alkanes of at least 4 members (excludes halogenated alkanes) is 15. The van der Waals surface area contributed by atoms with Crippen LogP contribution in [0, 0.1) is 0 Å². The zero-order valence-corrected chi connectivity index (χ0v) is 23.1. The highest BCUT2D eigenvalue weighted by Gasteiger charge is 2.11. The second-order valence-corrected chi connectivity index (χ2v) is 10.5. The maximum Gasteiger partial charge on any atom is 0.118 e. The Kier molecular flexibility index (Phi) is 13.5. The first kappa shape index (κ1) is 28.3. The number of hydrogen-bond acceptors (Lipinski definition) is 2. The van der Waals surface area contributed by atoms with Crippen molar-refractivity contribution in [1.29, 1.82) is 0 Å². The molecule has 0 unspecified atom stereocenters. The third-order valence-electron chi connectivity index (χ3n) is 7.49. The molecule has 36 heavy (non-hydrogen) atoms. The number of methoxy groups -OCH3 is 1. The van der Waals surface area contributed by atoms with Crippen LogP contribution in [0.5, 0.6) is 5.75 Å². The summed E-state index contributed by atoms with van der Waals surface area (Å²) in [7, 11) is 1.71. The summed E-state index contributed by atoms with van der Waals surface area (Å²) in [6.07, 6.45) is 23.4. The van der Waals surface area contributed by atoms with Crippen LogP contribution < -0.4 is 4.74 Å². The first-order valence-corrected chi connectivity index (χ1v) is 14.9. The molecule has 1 aromatic heterocycles. The molecule has 0 saturated heterocycles. The summed E-state index contributed by atoms with van der Waals surface area (Å²) in [6.45, 7) is 3.36. The normalized spacial score (nSPS) is 11.4. The van der Waals surface area contributed by atoms with Gasteiger partial charge in [0.1, 0.15) is 11.6 Å². The molecule has 1 heterocycles. The fourth-order valence-electron chi connectivity index (χ4n) is 5.25. The van der Waals surface area contributed by atoms with Gasteiger partial charge in [-0.2, -0.15) is 0 Å². The molecule has 198 valence electrons. The average molecular weight is 491 g/mol. The van der Waals surface area contributed by atoms with E-state index < -0.39 is 0 Å². The summed E-state index contributed by atoms with van der Waals surface area (Å²) in [5.41, 5.74) is 3.65. The largest absolute Gasteiger partial charge is 0.497 e. The lowest BCUT2D eigenvalue weighted by molar-refractivity contribution is 0.414. The average Bonchev–Trinajstić information content (AvgIpc) is 3.25. The molecule has 3 aromatic rings. The van der Waals surface area contributed by atoms with Crippen molar-refractivity contribution in [3.63, 3.8) is 0 Å². The molecular weight excluding hydrogens is 440 g/mol. The van der Waals surface area contributed by atoms with E-state index in [0.29, 0.717) is 0 Å². The number of aryl methyl sites for hydroxylation is 1. The minimum atomic E-state index is 0.859.